The summed E-state index contributed by atoms with van der Waals surface area (Å²) in [5.41, 5.74) is -0.531. The fraction of sp³-hybridized carbons (Fsp3) is 0.909. The molecule has 0 aromatic heterocycles. The smallest absolute Gasteiger partial charge is 0.226 e. The Morgan fingerprint density at radius 1 is 1.29 bits per heavy atom. The fourth-order valence-corrected chi connectivity index (χ4v) is 2.17. The van der Waals surface area contributed by atoms with E-state index in [-0.39, 0.29) is 16.9 Å². The van der Waals surface area contributed by atoms with Crippen LogP contribution in [0.3, 0.4) is 0 Å². The Balaban J connectivity index is 4.06. The minimum absolute atomic E-state index is 0.0586. The number of carbonyl (C=O) groups is 1. The monoisotopic (exact) mass is 264 g/mol. The minimum Gasteiger partial charge on any atom is -0.359 e. The Hall–Kier alpha value is -0.620. The lowest BCUT2D eigenvalue weighted by Gasteiger charge is -2.23. The van der Waals surface area contributed by atoms with E-state index in [1.165, 1.54) is 0 Å². The number of hydrogen-bond acceptors (Lipinski definition) is 4. The van der Waals surface area contributed by atoms with Gasteiger partial charge in [-0.25, -0.2) is 8.42 Å². The van der Waals surface area contributed by atoms with Crippen LogP contribution in [0.25, 0.3) is 0 Å². The summed E-state index contributed by atoms with van der Waals surface area (Å²) >= 11 is 0. The van der Waals surface area contributed by atoms with Crippen molar-refractivity contribution in [3.05, 3.63) is 0 Å². The second-order valence-corrected chi connectivity index (χ2v) is 7.73. The summed E-state index contributed by atoms with van der Waals surface area (Å²) in [7, 11) is -1.41. The lowest BCUT2D eigenvalue weighted by Crippen LogP contribution is -2.43. The number of amides is 1. The highest BCUT2D eigenvalue weighted by atomic mass is 32.2. The van der Waals surface area contributed by atoms with Crippen LogP contribution in [-0.2, 0) is 14.6 Å². The molecule has 102 valence electrons. The first-order chi connectivity index (χ1) is 7.63. The van der Waals surface area contributed by atoms with Gasteiger partial charge in [-0.15, -0.1) is 0 Å². The number of carbonyl (C=O) groups excluding carboxylic acids is 1. The first-order valence-corrected chi connectivity index (χ1v) is 7.49. The summed E-state index contributed by atoms with van der Waals surface area (Å²) in [6.07, 6.45) is 0. The standard InChI is InChI=1S/C11H24N2O3S/c1-9(2)17(15,16)7-6-13-8-11(3,4)10(14)12-5/h9,13H,6-8H2,1-5H3,(H,12,14). The van der Waals surface area contributed by atoms with Crippen molar-refractivity contribution in [1.29, 1.82) is 0 Å². The summed E-state index contributed by atoms with van der Waals surface area (Å²) in [6.45, 7) is 7.81. The molecule has 0 aromatic carbocycles. The zero-order valence-corrected chi connectivity index (χ0v) is 12.1. The predicted octanol–water partition coefficient (Wildman–Crippen LogP) is 0.171. The molecular formula is C11H24N2O3S. The molecule has 0 atom stereocenters. The first kappa shape index (κ1) is 16.4. The molecule has 1 amide bonds. The highest BCUT2D eigenvalue weighted by Gasteiger charge is 2.26. The van der Waals surface area contributed by atoms with Crippen molar-refractivity contribution in [3.63, 3.8) is 0 Å². The summed E-state index contributed by atoms with van der Waals surface area (Å²) < 4.78 is 23.1. The van der Waals surface area contributed by atoms with Crippen LogP contribution in [-0.4, -0.2) is 45.5 Å². The SMILES string of the molecule is CNC(=O)C(C)(C)CNCCS(=O)(=O)C(C)C. The van der Waals surface area contributed by atoms with Crippen LogP contribution in [0.4, 0.5) is 0 Å². The fourth-order valence-electron chi connectivity index (χ4n) is 1.27. The lowest BCUT2D eigenvalue weighted by molar-refractivity contribution is -0.128. The summed E-state index contributed by atoms with van der Waals surface area (Å²) in [5, 5.41) is 5.24. The summed E-state index contributed by atoms with van der Waals surface area (Å²) in [4.78, 5) is 11.5. The van der Waals surface area contributed by atoms with Gasteiger partial charge in [0.15, 0.2) is 9.84 Å². The van der Waals surface area contributed by atoms with Gasteiger partial charge in [0.05, 0.1) is 16.4 Å². The maximum absolute atomic E-state index is 11.5. The number of sulfone groups is 1. The van der Waals surface area contributed by atoms with Crippen molar-refractivity contribution in [2.24, 2.45) is 5.41 Å². The molecule has 0 radical (unpaired) electrons. The molecule has 0 aromatic rings. The van der Waals surface area contributed by atoms with Gasteiger partial charge in [-0.05, 0) is 27.7 Å². The number of hydrogen-bond donors (Lipinski definition) is 2. The van der Waals surface area contributed by atoms with Crippen LogP contribution in [0.1, 0.15) is 27.7 Å². The summed E-state index contributed by atoms with van der Waals surface area (Å²) in [6, 6.07) is 0. The van der Waals surface area contributed by atoms with Crippen molar-refractivity contribution in [1.82, 2.24) is 10.6 Å². The van der Waals surface area contributed by atoms with Gasteiger partial charge in [0, 0.05) is 20.1 Å². The molecule has 0 heterocycles. The molecular weight excluding hydrogens is 240 g/mol. The zero-order valence-electron chi connectivity index (χ0n) is 11.3. The topological polar surface area (TPSA) is 75.3 Å². The van der Waals surface area contributed by atoms with Crippen molar-refractivity contribution < 1.29 is 13.2 Å². The largest absolute Gasteiger partial charge is 0.359 e. The van der Waals surface area contributed by atoms with E-state index in [1.807, 2.05) is 13.8 Å². The Labute approximate surface area is 104 Å². The molecule has 17 heavy (non-hydrogen) atoms. The lowest BCUT2D eigenvalue weighted by atomic mass is 9.92. The Kier molecular flexibility index (Phi) is 6.12. The van der Waals surface area contributed by atoms with Crippen LogP contribution in [0, 0.1) is 5.41 Å². The Morgan fingerprint density at radius 3 is 2.24 bits per heavy atom. The predicted molar refractivity (Wildman–Crippen MR) is 69.6 cm³/mol. The average Bonchev–Trinajstić information content (AvgIpc) is 2.23. The van der Waals surface area contributed by atoms with E-state index < -0.39 is 15.3 Å². The van der Waals surface area contributed by atoms with Gasteiger partial charge in [-0.1, -0.05) is 0 Å². The maximum atomic E-state index is 11.5. The van der Waals surface area contributed by atoms with E-state index in [2.05, 4.69) is 10.6 Å². The quantitative estimate of drug-likeness (QED) is 0.643. The van der Waals surface area contributed by atoms with Gasteiger partial charge in [0.25, 0.3) is 0 Å². The second-order valence-electron chi connectivity index (χ2n) is 5.06. The van der Waals surface area contributed by atoms with Gasteiger partial charge >= 0.3 is 0 Å². The minimum atomic E-state index is -3.00. The Morgan fingerprint density at radius 2 is 1.82 bits per heavy atom. The van der Waals surface area contributed by atoms with Crippen LogP contribution in [0.5, 0.6) is 0 Å². The molecule has 0 aliphatic rings. The molecule has 2 N–H and O–H groups in total. The highest BCUT2D eigenvalue weighted by Crippen LogP contribution is 2.12. The Bertz CT molecular complexity index is 348. The third-order valence-corrected chi connectivity index (χ3v) is 4.90. The van der Waals surface area contributed by atoms with E-state index >= 15 is 0 Å². The molecule has 0 rings (SSSR count). The molecule has 0 saturated heterocycles. The molecule has 0 spiro atoms. The van der Waals surface area contributed by atoms with Gasteiger partial charge < -0.3 is 10.6 Å². The van der Waals surface area contributed by atoms with E-state index in [9.17, 15) is 13.2 Å². The first-order valence-electron chi connectivity index (χ1n) is 5.78. The third-order valence-electron chi connectivity index (χ3n) is 2.69. The summed E-state index contributed by atoms with van der Waals surface area (Å²) in [5.74, 6) is 0.0470. The molecule has 0 fully saturated rings. The van der Waals surface area contributed by atoms with E-state index in [1.54, 1.807) is 20.9 Å². The van der Waals surface area contributed by atoms with Gasteiger partial charge in [0.1, 0.15) is 0 Å². The van der Waals surface area contributed by atoms with Crippen molar-refractivity contribution >= 4 is 15.7 Å². The van der Waals surface area contributed by atoms with Crippen LogP contribution >= 0.6 is 0 Å². The normalized spacial score (nSPS) is 12.8. The van der Waals surface area contributed by atoms with Crippen molar-refractivity contribution in [2.45, 2.75) is 32.9 Å². The van der Waals surface area contributed by atoms with Crippen LogP contribution < -0.4 is 10.6 Å². The average molecular weight is 264 g/mol. The highest BCUT2D eigenvalue weighted by molar-refractivity contribution is 7.92. The molecule has 5 nitrogen and oxygen atoms in total. The van der Waals surface area contributed by atoms with E-state index in [0.717, 1.165) is 0 Å². The molecule has 0 aliphatic heterocycles. The molecule has 0 aliphatic carbocycles. The van der Waals surface area contributed by atoms with Gasteiger partial charge in [-0.3, -0.25) is 4.79 Å². The second kappa shape index (κ2) is 6.35. The zero-order chi connectivity index (χ0) is 13.7. The van der Waals surface area contributed by atoms with Crippen LogP contribution in [0.2, 0.25) is 0 Å². The third kappa shape index (κ3) is 5.50. The van der Waals surface area contributed by atoms with Gasteiger partial charge in [-0.2, -0.15) is 0 Å². The molecule has 6 heteroatoms. The van der Waals surface area contributed by atoms with Crippen LogP contribution in [0.15, 0.2) is 0 Å². The van der Waals surface area contributed by atoms with E-state index in [4.69, 9.17) is 0 Å². The van der Waals surface area contributed by atoms with Crippen molar-refractivity contribution in [3.8, 4) is 0 Å². The van der Waals surface area contributed by atoms with Crippen molar-refractivity contribution in [2.75, 3.05) is 25.9 Å². The van der Waals surface area contributed by atoms with E-state index in [0.29, 0.717) is 13.1 Å². The maximum Gasteiger partial charge on any atom is 0.226 e. The molecule has 0 bridgehead atoms. The number of rotatable bonds is 7. The number of nitrogens with one attached hydrogen (secondary N) is 2. The molecule has 0 unspecified atom stereocenters. The van der Waals surface area contributed by atoms with Gasteiger partial charge in [0.2, 0.25) is 5.91 Å². The molecule has 0 saturated carbocycles.